The molecule has 0 aromatic rings. The predicted octanol–water partition coefficient (Wildman–Crippen LogP) is 3.14. The molecule has 1 aliphatic carbocycles. The number of rotatable bonds is 5. The smallest absolute Gasteiger partial charge is 0.0606 e. The maximum absolute atomic E-state index is 9.56. The minimum atomic E-state index is -0.0777. The maximum atomic E-state index is 9.56. The van der Waals surface area contributed by atoms with Crippen molar-refractivity contribution >= 4 is 0 Å². The third kappa shape index (κ3) is 2.14. The molecule has 1 aliphatic rings. The Labute approximate surface area is 81.9 Å². The van der Waals surface area contributed by atoms with E-state index in [1.807, 2.05) is 0 Å². The normalized spacial score (nSPS) is 34.3. The minimum absolute atomic E-state index is 0.0777. The van der Waals surface area contributed by atoms with E-state index in [2.05, 4.69) is 27.4 Å². The van der Waals surface area contributed by atoms with Crippen molar-refractivity contribution in [3.8, 4) is 0 Å². The first-order chi connectivity index (χ1) is 6.02. The molecule has 0 aromatic carbocycles. The second-order valence-electron chi connectivity index (χ2n) is 4.77. The molecule has 0 aromatic heterocycles. The molecule has 3 atom stereocenters. The van der Waals surface area contributed by atoms with Crippen molar-refractivity contribution in [1.29, 1.82) is 0 Å². The van der Waals surface area contributed by atoms with Gasteiger partial charge in [0.05, 0.1) is 6.10 Å². The van der Waals surface area contributed by atoms with Crippen LogP contribution in [0, 0.1) is 11.3 Å². The number of allylic oxidation sites excluding steroid dienone is 1. The van der Waals surface area contributed by atoms with Gasteiger partial charge in [-0.2, -0.15) is 0 Å². The van der Waals surface area contributed by atoms with E-state index in [9.17, 15) is 5.11 Å². The standard InChI is InChI=1S/C12H22O/c1-5-6-7-10(9(2)3)12(4)8-11(12)13/h10-11,13H,2,5-8H2,1,3-4H3/t10?,11-,12-/m0/s1. The quantitative estimate of drug-likeness (QED) is 0.648. The summed E-state index contributed by atoms with van der Waals surface area (Å²) in [5.74, 6) is 0.530. The fraction of sp³-hybridized carbons (Fsp3) is 0.833. The lowest BCUT2D eigenvalue weighted by Crippen LogP contribution is -2.17. The maximum Gasteiger partial charge on any atom is 0.0606 e. The molecular weight excluding hydrogens is 160 g/mol. The molecule has 0 spiro atoms. The molecule has 1 rings (SSSR count). The fourth-order valence-corrected chi connectivity index (χ4v) is 2.28. The first-order valence-electron chi connectivity index (χ1n) is 5.35. The van der Waals surface area contributed by atoms with Crippen LogP contribution in [0.15, 0.2) is 12.2 Å². The summed E-state index contributed by atoms with van der Waals surface area (Å²) in [4.78, 5) is 0. The highest BCUT2D eigenvalue weighted by molar-refractivity contribution is 5.13. The van der Waals surface area contributed by atoms with Crippen molar-refractivity contribution in [1.82, 2.24) is 0 Å². The summed E-state index contributed by atoms with van der Waals surface area (Å²) in [7, 11) is 0. The van der Waals surface area contributed by atoms with Crippen molar-refractivity contribution < 1.29 is 5.11 Å². The summed E-state index contributed by atoms with van der Waals surface area (Å²) in [6.45, 7) is 10.5. The molecule has 0 heterocycles. The van der Waals surface area contributed by atoms with E-state index < -0.39 is 0 Å². The average molecular weight is 182 g/mol. The molecule has 1 saturated carbocycles. The Bertz CT molecular complexity index is 197. The van der Waals surface area contributed by atoms with Gasteiger partial charge in [0.1, 0.15) is 0 Å². The Morgan fingerprint density at radius 3 is 2.54 bits per heavy atom. The predicted molar refractivity (Wildman–Crippen MR) is 56.6 cm³/mol. The summed E-state index contributed by atoms with van der Waals surface area (Å²) < 4.78 is 0. The average Bonchev–Trinajstić information content (AvgIpc) is 2.60. The van der Waals surface area contributed by atoms with E-state index in [0.29, 0.717) is 5.92 Å². The Kier molecular flexibility index (Phi) is 3.18. The van der Waals surface area contributed by atoms with Crippen molar-refractivity contribution in [2.75, 3.05) is 0 Å². The highest BCUT2D eigenvalue weighted by atomic mass is 16.3. The Hall–Kier alpha value is -0.300. The van der Waals surface area contributed by atoms with Crippen molar-refractivity contribution in [2.24, 2.45) is 11.3 Å². The van der Waals surface area contributed by atoms with Gasteiger partial charge in [0.15, 0.2) is 0 Å². The first-order valence-corrected chi connectivity index (χ1v) is 5.35. The Balaban J connectivity index is 2.53. The molecule has 0 radical (unpaired) electrons. The zero-order valence-electron chi connectivity index (χ0n) is 9.14. The molecule has 1 nitrogen and oxygen atoms in total. The molecule has 1 unspecified atom stereocenters. The number of hydrogen-bond acceptors (Lipinski definition) is 1. The minimum Gasteiger partial charge on any atom is -0.393 e. The number of aliphatic hydroxyl groups is 1. The van der Waals surface area contributed by atoms with Crippen LogP contribution in [-0.4, -0.2) is 11.2 Å². The van der Waals surface area contributed by atoms with Crippen LogP contribution in [0.2, 0.25) is 0 Å². The van der Waals surface area contributed by atoms with Crippen molar-refractivity contribution in [3.05, 3.63) is 12.2 Å². The summed E-state index contributed by atoms with van der Waals surface area (Å²) in [5.41, 5.74) is 1.40. The lowest BCUT2D eigenvalue weighted by molar-refractivity contribution is 0.192. The molecule has 1 N–H and O–H groups in total. The van der Waals surface area contributed by atoms with Gasteiger partial charge in [-0.1, -0.05) is 38.8 Å². The molecule has 0 amide bonds. The van der Waals surface area contributed by atoms with E-state index >= 15 is 0 Å². The lowest BCUT2D eigenvalue weighted by Gasteiger charge is -2.24. The van der Waals surface area contributed by atoms with Gasteiger partial charge in [-0.3, -0.25) is 0 Å². The Morgan fingerprint density at radius 1 is 1.69 bits per heavy atom. The van der Waals surface area contributed by atoms with E-state index in [-0.39, 0.29) is 11.5 Å². The van der Waals surface area contributed by atoms with Crippen LogP contribution in [-0.2, 0) is 0 Å². The first kappa shape index (κ1) is 10.8. The van der Waals surface area contributed by atoms with Crippen LogP contribution < -0.4 is 0 Å². The number of unbranched alkanes of at least 4 members (excludes halogenated alkanes) is 1. The van der Waals surface area contributed by atoms with Crippen molar-refractivity contribution in [3.63, 3.8) is 0 Å². The van der Waals surface area contributed by atoms with Crippen LogP contribution in [0.5, 0.6) is 0 Å². The molecule has 0 aliphatic heterocycles. The second-order valence-corrected chi connectivity index (χ2v) is 4.77. The van der Waals surface area contributed by atoms with Gasteiger partial charge in [0.2, 0.25) is 0 Å². The highest BCUT2D eigenvalue weighted by Crippen LogP contribution is 2.55. The lowest BCUT2D eigenvalue weighted by atomic mass is 9.81. The number of hydrogen-bond donors (Lipinski definition) is 1. The van der Waals surface area contributed by atoms with Gasteiger partial charge in [-0.05, 0) is 25.7 Å². The van der Waals surface area contributed by atoms with Gasteiger partial charge in [-0.25, -0.2) is 0 Å². The molecule has 1 fully saturated rings. The van der Waals surface area contributed by atoms with Crippen LogP contribution >= 0.6 is 0 Å². The van der Waals surface area contributed by atoms with Crippen LogP contribution in [0.3, 0.4) is 0 Å². The third-order valence-corrected chi connectivity index (χ3v) is 3.47. The number of aliphatic hydroxyl groups excluding tert-OH is 1. The largest absolute Gasteiger partial charge is 0.393 e. The van der Waals surface area contributed by atoms with E-state index in [0.717, 1.165) is 6.42 Å². The van der Waals surface area contributed by atoms with E-state index in [1.54, 1.807) is 0 Å². The van der Waals surface area contributed by atoms with Crippen molar-refractivity contribution in [2.45, 2.75) is 52.6 Å². The molecule has 0 saturated heterocycles. The zero-order valence-corrected chi connectivity index (χ0v) is 9.14. The molecule has 0 bridgehead atoms. The topological polar surface area (TPSA) is 20.2 Å². The van der Waals surface area contributed by atoms with Gasteiger partial charge in [-0.15, -0.1) is 0 Å². The van der Waals surface area contributed by atoms with Crippen LogP contribution in [0.1, 0.15) is 46.5 Å². The summed E-state index contributed by atoms with van der Waals surface area (Å²) in [5, 5.41) is 9.56. The summed E-state index contributed by atoms with van der Waals surface area (Å²) in [6.07, 6.45) is 4.56. The SMILES string of the molecule is C=C(C)C(CCCC)[C@]1(C)C[C@@H]1O. The van der Waals surface area contributed by atoms with Gasteiger partial charge in [0.25, 0.3) is 0 Å². The molecule has 13 heavy (non-hydrogen) atoms. The fourth-order valence-electron chi connectivity index (χ4n) is 2.28. The second kappa shape index (κ2) is 3.83. The zero-order chi connectivity index (χ0) is 10.1. The highest BCUT2D eigenvalue weighted by Gasteiger charge is 2.54. The molecular formula is C12H22O. The van der Waals surface area contributed by atoms with Crippen LogP contribution in [0.4, 0.5) is 0 Å². The monoisotopic (exact) mass is 182 g/mol. The Morgan fingerprint density at radius 2 is 2.23 bits per heavy atom. The van der Waals surface area contributed by atoms with Crippen LogP contribution in [0.25, 0.3) is 0 Å². The van der Waals surface area contributed by atoms with Gasteiger partial charge < -0.3 is 5.11 Å². The summed E-state index contributed by atoms with van der Waals surface area (Å²) >= 11 is 0. The third-order valence-electron chi connectivity index (χ3n) is 3.47. The van der Waals surface area contributed by atoms with Gasteiger partial charge in [0, 0.05) is 5.41 Å². The van der Waals surface area contributed by atoms with E-state index in [4.69, 9.17) is 0 Å². The van der Waals surface area contributed by atoms with E-state index in [1.165, 1.54) is 24.8 Å². The van der Waals surface area contributed by atoms with Gasteiger partial charge >= 0.3 is 0 Å². The molecule has 1 heteroatoms. The summed E-state index contributed by atoms with van der Waals surface area (Å²) in [6, 6.07) is 0. The molecule has 76 valence electrons.